The zero-order valence-corrected chi connectivity index (χ0v) is 10.4. The Morgan fingerprint density at radius 1 is 1.31 bits per heavy atom. The van der Waals surface area contributed by atoms with Crippen molar-refractivity contribution in [3.05, 3.63) is 34.4 Å². The molecule has 0 spiro atoms. The van der Waals surface area contributed by atoms with E-state index in [2.05, 4.69) is 4.72 Å². The number of hydrogen-bond acceptors (Lipinski definition) is 3. The van der Waals surface area contributed by atoms with Crippen LogP contribution in [0, 0.1) is 25.2 Å². The van der Waals surface area contributed by atoms with E-state index < -0.39 is 10.0 Å². The van der Waals surface area contributed by atoms with Crippen LogP contribution in [-0.2, 0) is 15.8 Å². The molecular formula is C11H14N2O2S. The summed E-state index contributed by atoms with van der Waals surface area (Å²) in [6.45, 7) is 3.63. The predicted molar refractivity (Wildman–Crippen MR) is 62.3 cm³/mol. The summed E-state index contributed by atoms with van der Waals surface area (Å²) in [5.74, 6) is -0.0487. The van der Waals surface area contributed by atoms with Gasteiger partial charge in [-0.1, -0.05) is 0 Å². The summed E-state index contributed by atoms with van der Waals surface area (Å²) in [5.41, 5.74) is 2.97. The maximum Gasteiger partial charge on any atom is 0.215 e. The first-order chi connectivity index (χ1) is 7.39. The number of nitrogens with one attached hydrogen (secondary N) is 1. The van der Waals surface area contributed by atoms with Crippen molar-refractivity contribution in [2.75, 3.05) is 7.05 Å². The number of rotatable bonds is 3. The van der Waals surface area contributed by atoms with Gasteiger partial charge >= 0.3 is 0 Å². The molecule has 0 bridgehead atoms. The van der Waals surface area contributed by atoms with E-state index in [0.717, 1.165) is 16.7 Å². The van der Waals surface area contributed by atoms with Crippen LogP contribution in [0.5, 0.6) is 0 Å². The quantitative estimate of drug-likeness (QED) is 0.860. The van der Waals surface area contributed by atoms with Gasteiger partial charge in [0.1, 0.15) is 0 Å². The molecule has 86 valence electrons. The molecule has 1 N–H and O–H groups in total. The van der Waals surface area contributed by atoms with Crippen molar-refractivity contribution in [3.63, 3.8) is 0 Å². The Bertz CT molecular complexity index is 519. The third-order valence-electron chi connectivity index (χ3n) is 2.47. The number of nitrogens with zero attached hydrogens (tertiary/aromatic N) is 1. The summed E-state index contributed by atoms with van der Waals surface area (Å²) in [6.07, 6.45) is 0. The highest BCUT2D eigenvalue weighted by Crippen LogP contribution is 2.18. The van der Waals surface area contributed by atoms with Crippen LogP contribution in [0.2, 0.25) is 0 Å². The zero-order valence-electron chi connectivity index (χ0n) is 9.53. The van der Waals surface area contributed by atoms with Gasteiger partial charge in [0, 0.05) is 0 Å². The lowest BCUT2D eigenvalue weighted by Gasteiger charge is -2.10. The second-order valence-electron chi connectivity index (χ2n) is 3.66. The molecule has 4 nitrogen and oxygen atoms in total. The van der Waals surface area contributed by atoms with E-state index in [0.29, 0.717) is 5.56 Å². The fourth-order valence-electron chi connectivity index (χ4n) is 1.55. The van der Waals surface area contributed by atoms with Gasteiger partial charge in [0.25, 0.3) is 0 Å². The molecule has 0 aromatic heterocycles. The molecule has 0 amide bonds. The zero-order chi connectivity index (χ0) is 12.3. The van der Waals surface area contributed by atoms with Crippen molar-refractivity contribution in [2.24, 2.45) is 0 Å². The van der Waals surface area contributed by atoms with E-state index in [1.807, 2.05) is 19.9 Å². The average molecular weight is 238 g/mol. The average Bonchev–Trinajstić information content (AvgIpc) is 2.23. The molecule has 1 aromatic rings. The molecule has 0 saturated heterocycles. The van der Waals surface area contributed by atoms with Gasteiger partial charge in [0.05, 0.1) is 17.4 Å². The van der Waals surface area contributed by atoms with Gasteiger partial charge < -0.3 is 0 Å². The second kappa shape index (κ2) is 4.64. The Morgan fingerprint density at radius 3 is 2.19 bits per heavy atom. The van der Waals surface area contributed by atoms with Gasteiger partial charge in [0.2, 0.25) is 10.0 Å². The summed E-state index contributed by atoms with van der Waals surface area (Å²) in [6, 6.07) is 5.45. The monoisotopic (exact) mass is 238 g/mol. The van der Waals surface area contributed by atoms with Crippen LogP contribution in [0.4, 0.5) is 0 Å². The smallest absolute Gasteiger partial charge is 0.215 e. The molecule has 5 heteroatoms. The fraction of sp³-hybridized carbons (Fsp3) is 0.364. The summed E-state index contributed by atoms with van der Waals surface area (Å²) in [7, 11) is -1.88. The van der Waals surface area contributed by atoms with E-state index in [9.17, 15) is 8.42 Å². The fourth-order valence-corrected chi connectivity index (χ4v) is 2.53. The van der Waals surface area contributed by atoms with Gasteiger partial charge in [-0.25, -0.2) is 13.1 Å². The molecule has 0 aliphatic heterocycles. The SMILES string of the molecule is CNS(=O)(=O)Cc1c(C)cc(C#N)cc1C. The topological polar surface area (TPSA) is 70.0 Å². The Hall–Kier alpha value is -1.38. The summed E-state index contributed by atoms with van der Waals surface area (Å²) >= 11 is 0. The minimum absolute atomic E-state index is 0.0487. The predicted octanol–water partition coefficient (Wildman–Crippen LogP) is 1.22. The number of nitriles is 1. The van der Waals surface area contributed by atoms with Gasteiger partial charge in [-0.15, -0.1) is 0 Å². The van der Waals surface area contributed by atoms with Crippen LogP contribution in [0.3, 0.4) is 0 Å². The third-order valence-corrected chi connectivity index (χ3v) is 3.76. The lowest BCUT2D eigenvalue weighted by Crippen LogP contribution is -2.21. The van der Waals surface area contributed by atoms with Crippen molar-refractivity contribution in [2.45, 2.75) is 19.6 Å². The van der Waals surface area contributed by atoms with Gasteiger partial charge in [0.15, 0.2) is 0 Å². The van der Waals surface area contributed by atoms with Gasteiger partial charge in [-0.05, 0) is 49.7 Å². The molecular weight excluding hydrogens is 224 g/mol. The largest absolute Gasteiger partial charge is 0.218 e. The van der Waals surface area contributed by atoms with E-state index in [1.165, 1.54) is 7.05 Å². The molecule has 0 saturated carbocycles. The Labute approximate surface area is 96.0 Å². The normalized spacial score (nSPS) is 11.1. The minimum Gasteiger partial charge on any atom is -0.218 e. The number of benzene rings is 1. The molecule has 0 atom stereocenters. The van der Waals surface area contributed by atoms with Crippen molar-refractivity contribution >= 4 is 10.0 Å². The third kappa shape index (κ3) is 2.81. The Morgan fingerprint density at radius 2 is 1.81 bits per heavy atom. The van der Waals surface area contributed by atoms with Gasteiger partial charge in [-0.3, -0.25) is 0 Å². The molecule has 0 aliphatic rings. The first-order valence-corrected chi connectivity index (χ1v) is 6.46. The highest BCUT2D eigenvalue weighted by atomic mass is 32.2. The lowest BCUT2D eigenvalue weighted by molar-refractivity contribution is 0.587. The summed E-state index contributed by atoms with van der Waals surface area (Å²) in [5, 5.41) is 8.78. The highest BCUT2D eigenvalue weighted by molar-refractivity contribution is 7.88. The van der Waals surface area contributed by atoms with Crippen LogP contribution in [-0.4, -0.2) is 15.5 Å². The molecule has 0 unspecified atom stereocenters. The molecule has 0 radical (unpaired) electrons. The van der Waals surface area contributed by atoms with Crippen LogP contribution in [0.15, 0.2) is 12.1 Å². The molecule has 1 rings (SSSR count). The minimum atomic E-state index is -3.27. The van der Waals surface area contributed by atoms with Gasteiger partial charge in [-0.2, -0.15) is 5.26 Å². The first kappa shape index (κ1) is 12.7. The van der Waals surface area contributed by atoms with Crippen molar-refractivity contribution in [3.8, 4) is 6.07 Å². The maximum absolute atomic E-state index is 11.5. The standard InChI is InChI=1S/C11H14N2O2S/c1-8-4-10(6-12)5-9(2)11(8)7-16(14,15)13-3/h4-5,13H,7H2,1-3H3. The lowest BCUT2D eigenvalue weighted by atomic mass is 10.0. The van der Waals surface area contributed by atoms with Crippen LogP contribution >= 0.6 is 0 Å². The highest BCUT2D eigenvalue weighted by Gasteiger charge is 2.13. The summed E-state index contributed by atoms with van der Waals surface area (Å²) < 4.78 is 25.2. The van der Waals surface area contributed by atoms with Crippen molar-refractivity contribution < 1.29 is 8.42 Å². The van der Waals surface area contributed by atoms with E-state index in [4.69, 9.17) is 5.26 Å². The molecule has 0 heterocycles. The van der Waals surface area contributed by atoms with Crippen LogP contribution in [0.1, 0.15) is 22.3 Å². The number of hydrogen-bond donors (Lipinski definition) is 1. The Balaban J connectivity index is 3.22. The Kier molecular flexibility index (Phi) is 3.68. The van der Waals surface area contributed by atoms with Crippen molar-refractivity contribution in [1.82, 2.24) is 4.72 Å². The number of aryl methyl sites for hydroxylation is 2. The maximum atomic E-state index is 11.5. The number of sulfonamides is 1. The first-order valence-electron chi connectivity index (χ1n) is 4.81. The molecule has 16 heavy (non-hydrogen) atoms. The van der Waals surface area contributed by atoms with Crippen LogP contribution < -0.4 is 4.72 Å². The van der Waals surface area contributed by atoms with Crippen LogP contribution in [0.25, 0.3) is 0 Å². The summed E-state index contributed by atoms with van der Waals surface area (Å²) in [4.78, 5) is 0. The van der Waals surface area contributed by atoms with E-state index >= 15 is 0 Å². The second-order valence-corrected chi connectivity index (χ2v) is 5.59. The van der Waals surface area contributed by atoms with E-state index in [1.54, 1.807) is 12.1 Å². The molecule has 1 aromatic carbocycles. The molecule has 0 fully saturated rings. The molecule has 0 aliphatic carbocycles. The van der Waals surface area contributed by atoms with Crippen molar-refractivity contribution in [1.29, 1.82) is 5.26 Å². The van der Waals surface area contributed by atoms with E-state index in [-0.39, 0.29) is 5.75 Å².